The average Bonchev–Trinajstić information content (AvgIpc) is 2.49. The molecule has 2 rings (SSSR count). The van der Waals surface area contributed by atoms with Crippen molar-refractivity contribution < 1.29 is 18.8 Å². The van der Waals surface area contributed by atoms with E-state index in [1.165, 1.54) is 36.4 Å². The molecule has 7 heteroatoms. The van der Waals surface area contributed by atoms with E-state index in [1.807, 2.05) is 0 Å². The Bertz CT molecular complexity index is 703. The molecule has 0 aliphatic rings. The lowest BCUT2D eigenvalue weighted by Crippen LogP contribution is -2.09. The van der Waals surface area contributed by atoms with E-state index < -0.39 is 16.7 Å². The smallest absolute Gasteiger partial charge is 0.311 e. The molecule has 0 saturated carbocycles. The number of rotatable bonds is 5. The van der Waals surface area contributed by atoms with Crippen LogP contribution in [0, 0.1) is 15.9 Å². The number of non-ortho nitro benzene ring substituents is 1. The number of hydrogen-bond donors (Lipinski definition) is 0. The normalized spacial score (nSPS) is 10.3. The van der Waals surface area contributed by atoms with Crippen LogP contribution in [-0.4, -0.2) is 10.9 Å². The van der Waals surface area contributed by atoms with Crippen LogP contribution in [-0.2, 0) is 11.2 Å². The second-order valence-electron chi connectivity index (χ2n) is 4.44. The number of aryl methyl sites for hydroxylation is 1. The fourth-order valence-electron chi connectivity index (χ4n) is 1.80. The summed E-state index contributed by atoms with van der Waals surface area (Å²) >= 11 is 5.79. The van der Waals surface area contributed by atoms with Gasteiger partial charge in [-0.05, 0) is 30.2 Å². The van der Waals surface area contributed by atoms with Gasteiger partial charge < -0.3 is 4.74 Å². The maximum atomic E-state index is 13.3. The first kappa shape index (κ1) is 15.9. The first-order chi connectivity index (χ1) is 10.5. The molecule has 2 aromatic rings. The minimum Gasteiger partial charge on any atom is -0.427 e. The highest BCUT2D eigenvalue weighted by Gasteiger charge is 2.11. The van der Waals surface area contributed by atoms with Crippen molar-refractivity contribution in [2.24, 2.45) is 0 Å². The standard InChI is InChI=1S/C15H11ClFNO4/c16-15-10(2-1-3-13(15)17)4-9-14(19)22-12-7-5-11(6-8-12)18(20)21/h1-3,5-8H,4,9H2. The van der Waals surface area contributed by atoms with Crippen molar-refractivity contribution in [3.05, 3.63) is 69.0 Å². The molecule has 0 atom stereocenters. The van der Waals surface area contributed by atoms with Crippen molar-refractivity contribution in [1.29, 1.82) is 0 Å². The van der Waals surface area contributed by atoms with E-state index in [-0.39, 0.29) is 29.3 Å². The predicted octanol–water partition coefficient (Wildman–Crippen LogP) is 3.93. The number of carbonyl (C=O) groups excluding carboxylic acids is 1. The number of carbonyl (C=O) groups is 1. The zero-order valence-corrected chi connectivity index (χ0v) is 12.0. The van der Waals surface area contributed by atoms with E-state index in [0.717, 1.165) is 0 Å². The molecule has 0 fully saturated rings. The third kappa shape index (κ3) is 4.02. The SMILES string of the molecule is O=C(CCc1cccc(F)c1Cl)Oc1ccc([N+](=O)[O-])cc1. The maximum Gasteiger partial charge on any atom is 0.311 e. The van der Waals surface area contributed by atoms with E-state index >= 15 is 0 Å². The van der Waals surface area contributed by atoms with Gasteiger partial charge in [0.2, 0.25) is 0 Å². The van der Waals surface area contributed by atoms with Crippen molar-refractivity contribution in [1.82, 2.24) is 0 Å². The number of hydrogen-bond acceptors (Lipinski definition) is 4. The minimum atomic E-state index is -0.544. The topological polar surface area (TPSA) is 69.4 Å². The monoisotopic (exact) mass is 323 g/mol. The number of ether oxygens (including phenoxy) is 1. The molecule has 0 amide bonds. The maximum absolute atomic E-state index is 13.3. The Morgan fingerprint density at radius 3 is 2.55 bits per heavy atom. The van der Waals surface area contributed by atoms with Crippen LogP contribution in [0.1, 0.15) is 12.0 Å². The Morgan fingerprint density at radius 1 is 1.23 bits per heavy atom. The summed E-state index contributed by atoms with van der Waals surface area (Å²) in [6, 6.07) is 9.54. The molecule has 22 heavy (non-hydrogen) atoms. The van der Waals surface area contributed by atoms with Crippen molar-refractivity contribution in [3.8, 4) is 5.75 Å². The first-order valence-corrected chi connectivity index (χ1v) is 6.73. The summed E-state index contributed by atoms with van der Waals surface area (Å²) in [5, 5.41) is 10.5. The van der Waals surface area contributed by atoms with E-state index in [2.05, 4.69) is 0 Å². The van der Waals surface area contributed by atoms with Gasteiger partial charge in [-0.2, -0.15) is 0 Å². The van der Waals surface area contributed by atoms with Crippen LogP contribution in [0.2, 0.25) is 5.02 Å². The number of nitro groups is 1. The highest BCUT2D eigenvalue weighted by atomic mass is 35.5. The summed E-state index contributed by atoms with van der Waals surface area (Å²) in [6.45, 7) is 0. The van der Waals surface area contributed by atoms with Gasteiger partial charge in [0.1, 0.15) is 11.6 Å². The Kier molecular flexibility index (Phi) is 5.06. The van der Waals surface area contributed by atoms with Crippen molar-refractivity contribution in [2.45, 2.75) is 12.8 Å². The van der Waals surface area contributed by atoms with Gasteiger partial charge in [-0.15, -0.1) is 0 Å². The second kappa shape index (κ2) is 7.00. The molecular formula is C15H11ClFNO4. The van der Waals surface area contributed by atoms with Crippen LogP contribution in [0.4, 0.5) is 10.1 Å². The Labute approximate surface area is 130 Å². The Balaban J connectivity index is 1.93. The van der Waals surface area contributed by atoms with E-state index in [4.69, 9.17) is 16.3 Å². The molecule has 0 unspecified atom stereocenters. The lowest BCUT2D eigenvalue weighted by molar-refractivity contribution is -0.384. The van der Waals surface area contributed by atoms with E-state index in [9.17, 15) is 19.3 Å². The second-order valence-corrected chi connectivity index (χ2v) is 4.82. The number of esters is 1. The Hall–Kier alpha value is -2.47. The van der Waals surface area contributed by atoms with Gasteiger partial charge in [-0.25, -0.2) is 4.39 Å². The molecule has 0 N–H and O–H groups in total. The highest BCUT2D eigenvalue weighted by molar-refractivity contribution is 6.31. The van der Waals surface area contributed by atoms with Crippen molar-refractivity contribution >= 4 is 23.3 Å². The quantitative estimate of drug-likeness (QED) is 0.362. The van der Waals surface area contributed by atoms with Crippen molar-refractivity contribution in [3.63, 3.8) is 0 Å². The molecule has 2 aromatic carbocycles. The summed E-state index contributed by atoms with van der Waals surface area (Å²) in [7, 11) is 0. The third-order valence-electron chi connectivity index (χ3n) is 2.91. The fraction of sp³-hybridized carbons (Fsp3) is 0.133. The lowest BCUT2D eigenvalue weighted by atomic mass is 10.1. The van der Waals surface area contributed by atoms with E-state index in [0.29, 0.717) is 5.56 Å². The summed E-state index contributed by atoms with van der Waals surface area (Å²) in [4.78, 5) is 21.7. The zero-order valence-electron chi connectivity index (χ0n) is 11.3. The number of nitro benzene ring substituents is 1. The van der Waals surface area contributed by atoms with Crippen molar-refractivity contribution in [2.75, 3.05) is 0 Å². The number of nitrogens with zero attached hydrogens (tertiary/aromatic N) is 1. The van der Waals surface area contributed by atoms with Gasteiger partial charge in [0.25, 0.3) is 5.69 Å². The molecule has 0 heterocycles. The molecule has 0 saturated heterocycles. The van der Waals surface area contributed by atoms with Gasteiger partial charge in [-0.1, -0.05) is 23.7 Å². The first-order valence-electron chi connectivity index (χ1n) is 6.35. The van der Waals surface area contributed by atoms with Gasteiger partial charge in [0, 0.05) is 12.1 Å². The van der Waals surface area contributed by atoms with E-state index in [1.54, 1.807) is 6.07 Å². The van der Waals surface area contributed by atoms with Crippen LogP contribution in [0.25, 0.3) is 0 Å². The lowest BCUT2D eigenvalue weighted by Gasteiger charge is -2.06. The molecule has 5 nitrogen and oxygen atoms in total. The van der Waals surface area contributed by atoms with Crippen LogP contribution in [0.15, 0.2) is 42.5 Å². The third-order valence-corrected chi connectivity index (χ3v) is 3.33. The zero-order chi connectivity index (χ0) is 16.1. The summed E-state index contributed by atoms with van der Waals surface area (Å²) < 4.78 is 18.3. The largest absolute Gasteiger partial charge is 0.427 e. The van der Waals surface area contributed by atoms with Crippen LogP contribution in [0.3, 0.4) is 0 Å². The molecular weight excluding hydrogens is 313 g/mol. The summed E-state index contributed by atoms with van der Waals surface area (Å²) in [5.74, 6) is -0.863. The molecule has 0 spiro atoms. The molecule has 0 aromatic heterocycles. The molecule has 0 bridgehead atoms. The molecule has 0 aliphatic heterocycles. The average molecular weight is 324 g/mol. The van der Waals surface area contributed by atoms with Crippen LogP contribution >= 0.6 is 11.6 Å². The van der Waals surface area contributed by atoms with Gasteiger partial charge in [0.15, 0.2) is 0 Å². The van der Waals surface area contributed by atoms with Gasteiger partial charge in [-0.3, -0.25) is 14.9 Å². The van der Waals surface area contributed by atoms with Crippen LogP contribution in [0.5, 0.6) is 5.75 Å². The number of halogens is 2. The van der Waals surface area contributed by atoms with Gasteiger partial charge in [0.05, 0.1) is 16.4 Å². The van der Waals surface area contributed by atoms with Gasteiger partial charge >= 0.3 is 5.97 Å². The van der Waals surface area contributed by atoms with Crippen LogP contribution < -0.4 is 4.74 Å². The predicted molar refractivity (Wildman–Crippen MR) is 78.5 cm³/mol. The summed E-state index contributed by atoms with van der Waals surface area (Å²) in [5.41, 5.74) is 0.425. The molecule has 0 aliphatic carbocycles. The fourth-order valence-corrected chi connectivity index (χ4v) is 2.02. The highest BCUT2D eigenvalue weighted by Crippen LogP contribution is 2.22. The summed E-state index contributed by atoms with van der Waals surface area (Å²) in [6.07, 6.45) is 0.253. The number of benzene rings is 2. The molecule has 114 valence electrons. The minimum absolute atomic E-state index is 0.00867. The molecule has 0 radical (unpaired) electrons. The Morgan fingerprint density at radius 2 is 1.91 bits per heavy atom.